The number of rotatable bonds is 4. The molecule has 18 heavy (non-hydrogen) atoms. The van der Waals surface area contributed by atoms with Crippen LogP contribution >= 0.6 is 11.6 Å². The van der Waals surface area contributed by atoms with Gasteiger partial charge in [-0.05, 0) is 18.5 Å². The molecule has 0 fully saturated rings. The van der Waals surface area contributed by atoms with Crippen LogP contribution in [0.25, 0.3) is 11.4 Å². The molecule has 2 N–H and O–H groups in total. The van der Waals surface area contributed by atoms with Gasteiger partial charge in [-0.3, -0.25) is 0 Å². The first-order valence-corrected chi connectivity index (χ1v) is 6.55. The second-order valence-corrected chi connectivity index (χ2v) is 4.68. The Balaban J connectivity index is 2.40. The molecule has 1 aromatic heterocycles. The lowest BCUT2D eigenvalue weighted by atomic mass is 10.1. The SMILES string of the molecule is CCc1ccc(-c2nc(Cl)c(CCN)n2C)cc1. The topological polar surface area (TPSA) is 43.8 Å². The fraction of sp³-hybridized carbons (Fsp3) is 0.357. The Morgan fingerprint density at radius 1 is 1.28 bits per heavy atom. The molecular weight excluding hydrogens is 246 g/mol. The van der Waals surface area contributed by atoms with Gasteiger partial charge in [-0.15, -0.1) is 0 Å². The van der Waals surface area contributed by atoms with Crippen molar-refractivity contribution in [1.82, 2.24) is 9.55 Å². The molecule has 0 aliphatic rings. The Kier molecular flexibility index (Phi) is 4.04. The molecule has 0 radical (unpaired) electrons. The number of hydrogen-bond donors (Lipinski definition) is 1. The molecule has 4 heteroatoms. The molecule has 1 aromatic carbocycles. The Hall–Kier alpha value is -1.32. The van der Waals surface area contributed by atoms with E-state index in [-0.39, 0.29) is 0 Å². The Morgan fingerprint density at radius 3 is 2.50 bits per heavy atom. The number of imidazole rings is 1. The van der Waals surface area contributed by atoms with Crippen LogP contribution < -0.4 is 5.73 Å². The fourth-order valence-corrected chi connectivity index (χ4v) is 2.36. The van der Waals surface area contributed by atoms with Crippen molar-refractivity contribution in [1.29, 1.82) is 0 Å². The van der Waals surface area contributed by atoms with Gasteiger partial charge in [0, 0.05) is 19.0 Å². The first-order chi connectivity index (χ1) is 8.67. The van der Waals surface area contributed by atoms with Gasteiger partial charge in [-0.2, -0.15) is 0 Å². The van der Waals surface area contributed by atoms with E-state index in [0.717, 1.165) is 29.9 Å². The number of halogens is 1. The Bertz CT molecular complexity index is 529. The number of nitrogens with two attached hydrogens (primary N) is 1. The average molecular weight is 264 g/mol. The zero-order chi connectivity index (χ0) is 13.1. The molecule has 96 valence electrons. The summed E-state index contributed by atoms with van der Waals surface area (Å²) in [7, 11) is 1.98. The van der Waals surface area contributed by atoms with E-state index in [2.05, 4.69) is 36.2 Å². The van der Waals surface area contributed by atoms with Gasteiger partial charge in [0.2, 0.25) is 0 Å². The van der Waals surface area contributed by atoms with Gasteiger partial charge in [-0.25, -0.2) is 4.98 Å². The lowest BCUT2D eigenvalue weighted by Gasteiger charge is -2.06. The summed E-state index contributed by atoms with van der Waals surface area (Å²) in [5, 5.41) is 0.553. The highest BCUT2D eigenvalue weighted by molar-refractivity contribution is 6.30. The summed E-state index contributed by atoms with van der Waals surface area (Å²) < 4.78 is 2.02. The van der Waals surface area contributed by atoms with Crippen LogP contribution in [0.1, 0.15) is 18.2 Å². The molecule has 0 aliphatic carbocycles. The van der Waals surface area contributed by atoms with Gasteiger partial charge in [0.1, 0.15) is 5.82 Å². The minimum absolute atomic E-state index is 0.553. The number of benzene rings is 1. The Labute approximate surface area is 113 Å². The lowest BCUT2D eigenvalue weighted by molar-refractivity contribution is 0.811. The van der Waals surface area contributed by atoms with Gasteiger partial charge in [0.25, 0.3) is 0 Å². The number of nitrogens with zero attached hydrogens (tertiary/aromatic N) is 2. The van der Waals surface area contributed by atoms with Gasteiger partial charge in [0.05, 0.1) is 5.69 Å². The predicted octanol–water partition coefficient (Wildman–Crippen LogP) is 2.80. The Morgan fingerprint density at radius 2 is 1.94 bits per heavy atom. The predicted molar refractivity (Wildman–Crippen MR) is 75.8 cm³/mol. The second-order valence-electron chi connectivity index (χ2n) is 4.32. The van der Waals surface area contributed by atoms with Crippen LogP contribution in [0.4, 0.5) is 0 Å². The smallest absolute Gasteiger partial charge is 0.151 e. The molecule has 0 saturated carbocycles. The zero-order valence-electron chi connectivity index (χ0n) is 10.8. The number of aryl methyl sites for hydroxylation is 1. The molecule has 0 bridgehead atoms. The van der Waals surface area contributed by atoms with Crippen molar-refractivity contribution in [2.45, 2.75) is 19.8 Å². The van der Waals surface area contributed by atoms with Crippen molar-refractivity contribution in [3.05, 3.63) is 40.7 Å². The summed E-state index contributed by atoms with van der Waals surface area (Å²) in [6.45, 7) is 2.72. The molecule has 0 atom stereocenters. The molecule has 0 spiro atoms. The van der Waals surface area contributed by atoms with Crippen molar-refractivity contribution in [3.8, 4) is 11.4 Å². The second kappa shape index (κ2) is 5.55. The summed E-state index contributed by atoms with van der Waals surface area (Å²) in [4.78, 5) is 4.43. The quantitative estimate of drug-likeness (QED) is 0.922. The molecule has 1 heterocycles. The van der Waals surface area contributed by atoms with Gasteiger partial charge >= 0.3 is 0 Å². The van der Waals surface area contributed by atoms with Crippen molar-refractivity contribution < 1.29 is 0 Å². The van der Waals surface area contributed by atoms with E-state index in [0.29, 0.717) is 11.7 Å². The number of aromatic nitrogens is 2. The molecule has 2 aromatic rings. The maximum atomic E-state index is 6.15. The van der Waals surface area contributed by atoms with Gasteiger partial charge in [-0.1, -0.05) is 42.8 Å². The van der Waals surface area contributed by atoms with Crippen LogP contribution in [0.5, 0.6) is 0 Å². The van der Waals surface area contributed by atoms with Crippen LogP contribution in [-0.4, -0.2) is 16.1 Å². The summed E-state index contributed by atoms with van der Waals surface area (Å²) in [6, 6.07) is 8.43. The minimum Gasteiger partial charge on any atom is -0.330 e. The van der Waals surface area contributed by atoms with E-state index in [1.54, 1.807) is 0 Å². The standard InChI is InChI=1S/C14H18ClN3/c1-3-10-4-6-11(7-5-10)14-17-13(15)12(8-9-16)18(14)2/h4-7H,3,8-9,16H2,1-2H3. The first kappa shape index (κ1) is 13.1. The average Bonchev–Trinajstić information content (AvgIpc) is 2.67. The third-order valence-corrected chi connectivity index (χ3v) is 3.47. The van der Waals surface area contributed by atoms with Crippen molar-refractivity contribution in [2.75, 3.05) is 6.54 Å². The van der Waals surface area contributed by atoms with E-state index in [9.17, 15) is 0 Å². The number of hydrogen-bond acceptors (Lipinski definition) is 2. The summed E-state index contributed by atoms with van der Waals surface area (Å²) in [5.41, 5.74) is 8.98. The van der Waals surface area contributed by atoms with E-state index in [1.165, 1.54) is 5.56 Å². The van der Waals surface area contributed by atoms with Crippen molar-refractivity contribution in [2.24, 2.45) is 12.8 Å². The largest absolute Gasteiger partial charge is 0.330 e. The van der Waals surface area contributed by atoms with Crippen LogP contribution in [-0.2, 0) is 19.9 Å². The van der Waals surface area contributed by atoms with E-state index >= 15 is 0 Å². The van der Waals surface area contributed by atoms with Gasteiger partial charge < -0.3 is 10.3 Å². The molecule has 0 aliphatic heterocycles. The third-order valence-electron chi connectivity index (χ3n) is 3.17. The molecule has 0 saturated heterocycles. The normalized spacial score (nSPS) is 10.9. The maximum Gasteiger partial charge on any atom is 0.151 e. The van der Waals surface area contributed by atoms with E-state index < -0.39 is 0 Å². The van der Waals surface area contributed by atoms with E-state index in [1.807, 2.05) is 11.6 Å². The third kappa shape index (κ3) is 2.42. The highest BCUT2D eigenvalue weighted by Crippen LogP contribution is 2.25. The highest BCUT2D eigenvalue weighted by atomic mass is 35.5. The van der Waals surface area contributed by atoms with Crippen LogP contribution in [0, 0.1) is 0 Å². The zero-order valence-corrected chi connectivity index (χ0v) is 11.5. The van der Waals surface area contributed by atoms with Crippen LogP contribution in [0.2, 0.25) is 5.15 Å². The molecule has 0 unspecified atom stereocenters. The molecule has 0 amide bonds. The van der Waals surface area contributed by atoms with E-state index in [4.69, 9.17) is 17.3 Å². The minimum atomic E-state index is 0.553. The molecule has 3 nitrogen and oxygen atoms in total. The van der Waals surface area contributed by atoms with Gasteiger partial charge in [0.15, 0.2) is 5.15 Å². The summed E-state index contributed by atoms with van der Waals surface area (Å²) >= 11 is 6.15. The molecular formula is C14H18ClN3. The highest BCUT2D eigenvalue weighted by Gasteiger charge is 2.13. The van der Waals surface area contributed by atoms with Crippen LogP contribution in [0.15, 0.2) is 24.3 Å². The van der Waals surface area contributed by atoms with Crippen molar-refractivity contribution >= 4 is 11.6 Å². The molecule has 2 rings (SSSR count). The van der Waals surface area contributed by atoms with Crippen LogP contribution in [0.3, 0.4) is 0 Å². The summed E-state index contributed by atoms with van der Waals surface area (Å²) in [6.07, 6.45) is 1.79. The first-order valence-electron chi connectivity index (χ1n) is 6.17. The summed E-state index contributed by atoms with van der Waals surface area (Å²) in [5.74, 6) is 0.895. The lowest BCUT2D eigenvalue weighted by Crippen LogP contribution is -2.07. The van der Waals surface area contributed by atoms with Crippen molar-refractivity contribution in [3.63, 3.8) is 0 Å². The monoisotopic (exact) mass is 263 g/mol. The fourth-order valence-electron chi connectivity index (χ4n) is 2.05. The maximum absolute atomic E-state index is 6.15.